The fourth-order valence-electron chi connectivity index (χ4n) is 2.54. The molecule has 1 unspecified atom stereocenters. The van der Waals surface area contributed by atoms with Crippen LogP contribution in [0.15, 0.2) is 36.7 Å². The predicted molar refractivity (Wildman–Crippen MR) is 81.7 cm³/mol. The molecule has 0 radical (unpaired) electrons. The van der Waals surface area contributed by atoms with E-state index in [9.17, 15) is 9.90 Å². The molecule has 2 heterocycles. The Morgan fingerprint density at radius 1 is 1.43 bits per heavy atom. The highest BCUT2D eigenvalue weighted by atomic mass is 16.3. The van der Waals surface area contributed by atoms with Crippen molar-refractivity contribution in [2.75, 3.05) is 10.6 Å². The number of hydrogen-bond acceptors (Lipinski definition) is 4. The standard InChI is InChI=1S/C16H17N3O2/c1-10-5-6-11-3-2-4-13(15(11)18-10)19-16(21)12-7-8-17-9-14(12)20/h2-4,7-10,18,20H,5-6H2,1H3,(H,19,21). The van der Waals surface area contributed by atoms with Crippen LogP contribution >= 0.6 is 0 Å². The number of nitrogens with one attached hydrogen (secondary N) is 2. The van der Waals surface area contributed by atoms with E-state index in [2.05, 4.69) is 28.6 Å². The normalized spacial score (nSPS) is 16.7. The third-order valence-corrected chi connectivity index (χ3v) is 3.68. The topological polar surface area (TPSA) is 74.2 Å². The summed E-state index contributed by atoms with van der Waals surface area (Å²) in [5.41, 5.74) is 3.12. The molecule has 0 saturated carbocycles. The summed E-state index contributed by atoms with van der Waals surface area (Å²) in [7, 11) is 0. The molecule has 3 rings (SSSR count). The van der Waals surface area contributed by atoms with Crippen LogP contribution < -0.4 is 10.6 Å². The van der Waals surface area contributed by atoms with Crippen molar-refractivity contribution in [3.8, 4) is 5.75 Å². The second kappa shape index (κ2) is 5.44. The zero-order valence-electron chi connectivity index (χ0n) is 11.8. The van der Waals surface area contributed by atoms with Crippen LogP contribution in [-0.2, 0) is 6.42 Å². The molecule has 1 amide bonds. The third kappa shape index (κ3) is 2.67. The minimum Gasteiger partial charge on any atom is -0.505 e. The van der Waals surface area contributed by atoms with Gasteiger partial charge in [-0.25, -0.2) is 0 Å². The summed E-state index contributed by atoms with van der Waals surface area (Å²) in [6, 6.07) is 7.73. The lowest BCUT2D eigenvalue weighted by Gasteiger charge is -2.26. The fraction of sp³-hybridized carbons (Fsp3) is 0.250. The second-order valence-corrected chi connectivity index (χ2v) is 5.27. The summed E-state index contributed by atoms with van der Waals surface area (Å²) in [4.78, 5) is 16.0. The number of aromatic nitrogens is 1. The van der Waals surface area contributed by atoms with Gasteiger partial charge in [0.25, 0.3) is 5.91 Å². The summed E-state index contributed by atoms with van der Waals surface area (Å²) >= 11 is 0. The van der Waals surface area contributed by atoms with E-state index < -0.39 is 0 Å². The molecule has 1 aliphatic heterocycles. The molecule has 3 N–H and O–H groups in total. The number of amides is 1. The van der Waals surface area contributed by atoms with Crippen molar-refractivity contribution in [2.45, 2.75) is 25.8 Å². The van der Waals surface area contributed by atoms with Gasteiger partial charge < -0.3 is 15.7 Å². The zero-order chi connectivity index (χ0) is 14.8. The fourth-order valence-corrected chi connectivity index (χ4v) is 2.54. The number of benzene rings is 1. The zero-order valence-corrected chi connectivity index (χ0v) is 11.8. The highest BCUT2D eigenvalue weighted by Gasteiger charge is 2.19. The predicted octanol–water partition coefficient (Wildman–Crippen LogP) is 2.79. The van der Waals surface area contributed by atoms with E-state index in [1.807, 2.05) is 12.1 Å². The van der Waals surface area contributed by atoms with Crippen LogP contribution in [0.1, 0.15) is 29.3 Å². The lowest BCUT2D eigenvalue weighted by Crippen LogP contribution is -2.24. The Morgan fingerprint density at radius 2 is 2.29 bits per heavy atom. The molecule has 21 heavy (non-hydrogen) atoms. The number of pyridine rings is 1. The number of nitrogens with zero attached hydrogens (tertiary/aromatic N) is 1. The molecule has 0 bridgehead atoms. The van der Waals surface area contributed by atoms with Gasteiger partial charge in [-0.05, 0) is 37.5 Å². The molecule has 1 aliphatic rings. The molecule has 108 valence electrons. The molecule has 0 spiro atoms. The minimum atomic E-state index is -0.344. The number of hydrogen-bond donors (Lipinski definition) is 3. The van der Waals surface area contributed by atoms with Crippen molar-refractivity contribution in [3.63, 3.8) is 0 Å². The Hall–Kier alpha value is -2.56. The summed E-state index contributed by atoms with van der Waals surface area (Å²) in [5.74, 6) is -0.468. The number of carbonyl (C=O) groups is 1. The number of aryl methyl sites for hydroxylation is 1. The number of fused-ring (bicyclic) bond motifs is 1. The van der Waals surface area contributed by atoms with E-state index in [-0.39, 0.29) is 17.2 Å². The van der Waals surface area contributed by atoms with E-state index >= 15 is 0 Å². The molecule has 0 aliphatic carbocycles. The minimum absolute atomic E-state index is 0.124. The first kappa shape index (κ1) is 13.4. The highest BCUT2D eigenvalue weighted by Crippen LogP contribution is 2.32. The molecular formula is C16H17N3O2. The van der Waals surface area contributed by atoms with Crippen molar-refractivity contribution >= 4 is 17.3 Å². The van der Waals surface area contributed by atoms with E-state index in [4.69, 9.17) is 0 Å². The van der Waals surface area contributed by atoms with Crippen LogP contribution in [0.3, 0.4) is 0 Å². The van der Waals surface area contributed by atoms with Crippen LogP contribution in [0.5, 0.6) is 5.75 Å². The van der Waals surface area contributed by atoms with Crippen molar-refractivity contribution < 1.29 is 9.90 Å². The molecule has 5 heteroatoms. The van der Waals surface area contributed by atoms with Gasteiger partial charge >= 0.3 is 0 Å². The highest BCUT2D eigenvalue weighted by molar-refractivity contribution is 6.07. The molecular weight excluding hydrogens is 266 g/mol. The van der Waals surface area contributed by atoms with E-state index in [1.54, 1.807) is 0 Å². The molecule has 2 aromatic rings. The van der Waals surface area contributed by atoms with Crippen molar-refractivity contribution in [1.82, 2.24) is 4.98 Å². The van der Waals surface area contributed by atoms with Gasteiger partial charge in [0.05, 0.1) is 23.1 Å². The number of carbonyl (C=O) groups excluding carboxylic acids is 1. The van der Waals surface area contributed by atoms with Crippen molar-refractivity contribution in [2.24, 2.45) is 0 Å². The lowest BCUT2D eigenvalue weighted by atomic mass is 9.98. The SMILES string of the molecule is CC1CCc2cccc(NC(=O)c3ccncc3O)c2N1. The summed E-state index contributed by atoms with van der Waals surface area (Å²) < 4.78 is 0. The number of anilines is 2. The number of rotatable bonds is 2. The van der Waals surface area contributed by atoms with Gasteiger partial charge in [0, 0.05) is 12.2 Å². The average Bonchev–Trinajstić information content (AvgIpc) is 2.48. The molecule has 0 saturated heterocycles. The Bertz CT molecular complexity index is 685. The Kier molecular flexibility index (Phi) is 3.48. The average molecular weight is 283 g/mol. The van der Waals surface area contributed by atoms with E-state index in [0.29, 0.717) is 6.04 Å². The maximum absolute atomic E-state index is 12.3. The van der Waals surface area contributed by atoms with Crippen LogP contribution in [0.2, 0.25) is 0 Å². The van der Waals surface area contributed by atoms with Crippen LogP contribution in [0.4, 0.5) is 11.4 Å². The van der Waals surface area contributed by atoms with Gasteiger partial charge in [-0.3, -0.25) is 9.78 Å². The van der Waals surface area contributed by atoms with Gasteiger partial charge in [0.15, 0.2) is 0 Å². The smallest absolute Gasteiger partial charge is 0.259 e. The number of aromatic hydroxyl groups is 1. The van der Waals surface area contributed by atoms with Gasteiger partial charge in [-0.1, -0.05) is 12.1 Å². The summed E-state index contributed by atoms with van der Waals surface area (Å²) in [6.07, 6.45) is 4.81. The third-order valence-electron chi connectivity index (χ3n) is 3.68. The Balaban J connectivity index is 1.89. The van der Waals surface area contributed by atoms with Gasteiger partial charge in [0.2, 0.25) is 0 Å². The first-order valence-corrected chi connectivity index (χ1v) is 6.98. The van der Waals surface area contributed by atoms with Crippen LogP contribution in [-0.4, -0.2) is 22.0 Å². The van der Waals surface area contributed by atoms with E-state index in [1.165, 1.54) is 24.0 Å². The van der Waals surface area contributed by atoms with Crippen LogP contribution in [0.25, 0.3) is 0 Å². The quantitative estimate of drug-likeness (QED) is 0.792. The maximum atomic E-state index is 12.3. The second-order valence-electron chi connectivity index (χ2n) is 5.27. The summed E-state index contributed by atoms with van der Waals surface area (Å²) in [5, 5.41) is 16.0. The first-order valence-electron chi connectivity index (χ1n) is 6.98. The van der Waals surface area contributed by atoms with Gasteiger partial charge in [0.1, 0.15) is 5.75 Å². The molecule has 1 atom stereocenters. The van der Waals surface area contributed by atoms with Crippen molar-refractivity contribution in [1.29, 1.82) is 0 Å². The summed E-state index contributed by atoms with van der Waals surface area (Å²) in [6.45, 7) is 2.12. The molecule has 1 aromatic heterocycles. The monoisotopic (exact) mass is 283 g/mol. The van der Waals surface area contributed by atoms with E-state index in [0.717, 1.165) is 24.2 Å². The molecule has 1 aromatic carbocycles. The van der Waals surface area contributed by atoms with Crippen LogP contribution in [0, 0.1) is 0 Å². The number of para-hydroxylation sites is 1. The molecule has 5 nitrogen and oxygen atoms in total. The maximum Gasteiger partial charge on any atom is 0.259 e. The van der Waals surface area contributed by atoms with Gasteiger partial charge in [-0.15, -0.1) is 0 Å². The Labute approximate surface area is 123 Å². The lowest BCUT2D eigenvalue weighted by molar-refractivity contribution is 0.102. The van der Waals surface area contributed by atoms with Gasteiger partial charge in [-0.2, -0.15) is 0 Å². The molecule has 0 fully saturated rings. The Morgan fingerprint density at radius 3 is 3.10 bits per heavy atom. The first-order chi connectivity index (χ1) is 10.1. The largest absolute Gasteiger partial charge is 0.505 e. The van der Waals surface area contributed by atoms with Crippen molar-refractivity contribution in [3.05, 3.63) is 47.8 Å².